The summed E-state index contributed by atoms with van der Waals surface area (Å²) < 4.78 is 20.4. The van der Waals surface area contributed by atoms with Gasteiger partial charge in [-0.3, -0.25) is 14.8 Å². The van der Waals surface area contributed by atoms with E-state index in [0.29, 0.717) is 31.3 Å². The first-order chi connectivity index (χ1) is 22.0. The Hall–Kier alpha value is -2.81. The van der Waals surface area contributed by atoms with Gasteiger partial charge in [-0.25, -0.2) is 9.48 Å². The Kier molecular flexibility index (Phi) is 5.98. The fraction of sp³-hybridized carbons (Fsp3) is 0.719. The zero-order valence-electron chi connectivity index (χ0n) is 25.5. The van der Waals surface area contributed by atoms with Gasteiger partial charge in [-0.05, 0) is 75.3 Å². The highest BCUT2D eigenvalue weighted by Gasteiger charge is 2.65. The summed E-state index contributed by atoms with van der Waals surface area (Å²) in [6, 6.07) is 1.67. The van der Waals surface area contributed by atoms with Crippen molar-refractivity contribution in [1.82, 2.24) is 40.8 Å². The van der Waals surface area contributed by atoms with Crippen LogP contribution in [0.15, 0.2) is 41.4 Å². The summed E-state index contributed by atoms with van der Waals surface area (Å²) in [5.74, 6) is -0.189. The van der Waals surface area contributed by atoms with Gasteiger partial charge in [0.2, 0.25) is 0 Å². The van der Waals surface area contributed by atoms with E-state index in [-0.39, 0.29) is 29.7 Å². The van der Waals surface area contributed by atoms with Crippen molar-refractivity contribution >= 4 is 5.97 Å². The predicted octanol–water partition coefficient (Wildman–Crippen LogP) is 1.17. The topological polar surface area (TPSA) is 129 Å². The number of aliphatic hydroxyl groups is 1. The van der Waals surface area contributed by atoms with E-state index in [2.05, 4.69) is 42.3 Å². The molecule has 2 saturated carbocycles. The molecule has 6 fully saturated rings. The first-order valence-electron chi connectivity index (χ1n) is 17.0. The van der Waals surface area contributed by atoms with Crippen LogP contribution in [-0.2, 0) is 25.6 Å². The van der Waals surface area contributed by atoms with Gasteiger partial charge < -0.3 is 24.7 Å². The fourth-order valence-corrected chi connectivity index (χ4v) is 10.8. The van der Waals surface area contributed by atoms with Crippen molar-refractivity contribution in [1.29, 1.82) is 0 Å². The number of hydrazine groups is 2. The normalized spacial score (nSPS) is 43.2. The third kappa shape index (κ3) is 3.91. The molecule has 2 spiro atoms. The number of hydrogen-bond acceptors (Lipinski definition) is 12. The fourth-order valence-electron chi connectivity index (χ4n) is 10.8. The van der Waals surface area contributed by atoms with E-state index in [0.717, 1.165) is 68.6 Å². The van der Waals surface area contributed by atoms with E-state index in [4.69, 9.17) is 14.2 Å². The Labute approximate surface area is 262 Å². The molecule has 45 heavy (non-hydrogen) atoms. The zero-order chi connectivity index (χ0) is 29.9. The smallest absolute Gasteiger partial charge is 0.331 e. The van der Waals surface area contributed by atoms with Crippen molar-refractivity contribution in [3.8, 4) is 0 Å². The molecular weight excluding hydrogens is 576 g/mol. The van der Waals surface area contributed by atoms with Crippen LogP contribution < -0.4 is 11.0 Å². The molecule has 13 heteroatoms. The summed E-state index contributed by atoms with van der Waals surface area (Å²) in [6.07, 6.45) is 17.5. The van der Waals surface area contributed by atoms with E-state index in [1.165, 1.54) is 31.3 Å². The molecule has 10 rings (SSSR count). The van der Waals surface area contributed by atoms with E-state index in [1.807, 2.05) is 17.0 Å². The van der Waals surface area contributed by atoms with Gasteiger partial charge in [-0.2, -0.15) is 0 Å². The predicted molar refractivity (Wildman–Crippen MR) is 158 cm³/mol. The number of nitrogens with zero attached hydrogens (tertiary/aromatic N) is 6. The van der Waals surface area contributed by atoms with E-state index in [1.54, 1.807) is 6.08 Å². The Morgan fingerprint density at radius 3 is 2.56 bits per heavy atom. The lowest BCUT2D eigenvalue weighted by Crippen LogP contribution is -2.54. The number of fused-ring (bicyclic) bond motifs is 6. The molecule has 0 radical (unpaired) electrons. The summed E-state index contributed by atoms with van der Waals surface area (Å²) in [5, 5.41) is 21.6. The molecule has 7 aliphatic heterocycles. The van der Waals surface area contributed by atoms with Crippen molar-refractivity contribution in [3.05, 3.63) is 47.1 Å². The van der Waals surface area contributed by atoms with Crippen LogP contribution in [0.4, 0.5) is 0 Å². The lowest BCUT2D eigenvalue weighted by Gasteiger charge is -2.40. The van der Waals surface area contributed by atoms with E-state index in [9.17, 15) is 9.90 Å². The number of piperidine rings is 2. The monoisotopic (exact) mass is 618 g/mol. The summed E-state index contributed by atoms with van der Waals surface area (Å²) >= 11 is 0. The van der Waals surface area contributed by atoms with E-state index < -0.39 is 11.9 Å². The Morgan fingerprint density at radius 1 is 0.956 bits per heavy atom. The highest BCUT2D eigenvalue weighted by Crippen LogP contribution is 2.57. The molecule has 9 atom stereocenters. The van der Waals surface area contributed by atoms with Crippen LogP contribution >= 0.6 is 0 Å². The second kappa shape index (κ2) is 9.85. The number of aliphatic hydroxyl groups excluding tert-OH is 1. The van der Waals surface area contributed by atoms with Crippen LogP contribution in [-0.4, -0.2) is 108 Å². The molecule has 4 bridgehead atoms. The summed E-state index contributed by atoms with van der Waals surface area (Å²) in [4.78, 5) is 17.6. The maximum Gasteiger partial charge on any atom is 0.331 e. The van der Waals surface area contributed by atoms with Crippen molar-refractivity contribution in [2.75, 3.05) is 19.7 Å². The van der Waals surface area contributed by atoms with Crippen LogP contribution in [0, 0.1) is 0 Å². The average Bonchev–Trinajstić information content (AvgIpc) is 3.89. The van der Waals surface area contributed by atoms with Gasteiger partial charge in [0, 0.05) is 36.8 Å². The van der Waals surface area contributed by atoms with Gasteiger partial charge in [0.05, 0.1) is 43.2 Å². The molecule has 0 aromatic carbocycles. The standard InChI is InChI=1S/C32H42N8O5/c41-29-11-19-9-23(25-13-31(19,44-29)27-5-1-3-7-37(25)27)39-15-21(33-35-39)17-43-18-22-16-40(36-34-22)24-10-20-12-30(42)45-32(20)14-26(24)38-8-4-2-6-28(32)38/h11-12,15-16,23-29,33,35,41H,1-10,13-14,17-18H2/t23-,24?,25-,26-,27+,28+,29?,31-,32-/m0/s1. The molecule has 1 aromatic rings. The molecule has 0 amide bonds. The number of aromatic nitrogens is 3. The number of carbonyl (C=O) groups excluding carboxylic acids is 1. The van der Waals surface area contributed by atoms with Crippen molar-refractivity contribution in [3.63, 3.8) is 0 Å². The summed E-state index contributed by atoms with van der Waals surface area (Å²) in [6.45, 7) is 2.92. The van der Waals surface area contributed by atoms with Gasteiger partial charge in [0.15, 0.2) is 11.9 Å². The third-order valence-electron chi connectivity index (χ3n) is 12.5. The molecule has 9 aliphatic rings. The van der Waals surface area contributed by atoms with Crippen LogP contribution in [0.25, 0.3) is 0 Å². The molecule has 2 unspecified atom stereocenters. The highest BCUT2D eigenvalue weighted by molar-refractivity contribution is 5.87. The van der Waals surface area contributed by atoms with Crippen LogP contribution in [0.5, 0.6) is 0 Å². The van der Waals surface area contributed by atoms with Gasteiger partial charge in [0.1, 0.15) is 11.3 Å². The highest BCUT2D eigenvalue weighted by atomic mass is 16.6. The van der Waals surface area contributed by atoms with Gasteiger partial charge in [0.25, 0.3) is 0 Å². The molecule has 13 nitrogen and oxygen atoms in total. The first kappa shape index (κ1) is 27.3. The van der Waals surface area contributed by atoms with Crippen LogP contribution in [0.2, 0.25) is 0 Å². The maximum absolute atomic E-state index is 12.4. The molecule has 2 aliphatic carbocycles. The van der Waals surface area contributed by atoms with Crippen LogP contribution in [0.1, 0.15) is 75.9 Å². The molecule has 240 valence electrons. The number of carbonyl (C=O) groups is 1. The maximum atomic E-state index is 12.4. The summed E-state index contributed by atoms with van der Waals surface area (Å²) in [5.41, 5.74) is 10.1. The Bertz CT molecular complexity index is 1510. The SMILES string of the molecule is O=C1C=C2CC(n3cc(COCC4=CN([C@H]5CC6=CC(O)O[C@@]67C[C@@H]5N5CCCC[C@@H]57)NN4)nn3)[C@@H]3C[C@@]2(O1)[C@H]1CCCCN31. The second-order valence-electron chi connectivity index (χ2n) is 14.6. The number of nitrogens with one attached hydrogen (secondary N) is 2. The molecule has 3 N–H and O–H groups in total. The number of ether oxygens (including phenoxy) is 3. The van der Waals surface area contributed by atoms with Crippen molar-refractivity contribution in [2.24, 2.45) is 0 Å². The molecule has 4 saturated heterocycles. The Balaban J connectivity index is 0.804. The quantitative estimate of drug-likeness (QED) is 0.313. The second-order valence-corrected chi connectivity index (χ2v) is 14.6. The zero-order valence-corrected chi connectivity index (χ0v) is 25.5. The van der Waals surface area contributed by atoms with Crippen LogP contribution in [0.3, 0.4) is 0 Å². The minimum Gasteiger partial charge on any atom is -0.450 e. The van der Waals surface area contributed by atoms with Crippen molar-refractivity contribution < 1.29 is 24.1 Å². The third-order valence-corrected chi connectivity index (χ3v) is 12.5. The minimum atomic E-state index is -0.798. The van der Waals surface area contributed by atoms with Crippen molar-refractivity contribution in [2.45, 2.75) is 125 Å². The first-order valence-corrected chi connectivity index (χ1v) is 17.0. The molecule has 1 aromatic heterocycles. The molecule has 8 heterocycles. The number of esters is 1. The minimum absolute atomic E-state index is 0.131. The largest absolute Gasteiger partial charge is 0.450 e. The molecular formula is C32H42N8O5. The lowest BCUT2D eigenvalue weighted by molar-refractivity contribution is -0.148. The number of hydrogen-bond donors (Lipinski definition) is 3. The van der Waals surface area contributed by atoms with Gasteiger partial charge in [-0.15, -0.1) is 10.6 Å². The lowest BCUT2D eigenvalue weighted by atomic mass is 9.75. The summed E-state index contributed by atoms with van der Waals surface area (Å²) in [7, 11) is 0. The Morgan fingerprint density at radius 2 is 1.71 bits per heavy atom. The van der Waals surface area contributed by atoms with E-state index >= 15 is 0 Å². The van der Waals surface area contributed by atoms with Gasteiger partial charge >= 0.3 is 5.97 Å². The average molecular weight is 619 g/mol. The van der Waals surface area contributed by atoms with Gasteiger partial charge in [-0.1, -0.05) is 18.1 Å². The number of rotatable bonds is 6.